The molecule has 1 heterocycles. The Morgan fingerprint density at radius 1 is 1.47 bits per heavy atom. The largest absolute Gasteiger partial charge is 0.313 e. The summed E-state index contributed by atoms with van der Waals surface area (Å²) in [5.41, 5.74) is 1.18. The molecule has 17 heavy (non-hydrogen) atoms. The van der Waals surface area contributed by atoms with Crippen molar-refractivity contribution < 1.29 is 0 Å². The lowest BCUT2D eigenvalue weighted by atomic mass is 10.1. The van der Waals surface area contributed by atoms with Crippen LogP contribution in [0.25, 0.3) is 0 Å². The second-order valence-electron chi connectivity index (χ2n) is 3.51. The molecule has 3 nitrogen and oxygen atoms in total. The molecule has 1 aromatic heterocycles. The predicted octanol–water partition coefficient (Wildman–Crippen LogP) is 3.62. The molecule has 1 N–H and O–H groups in total. The Hall–Kier alpha value is -0.620. The number of benzene rings is 1. The van der Waals surface area contributed by atoms with Crippen molar-refractivity contribution in [3.05, 3.63) is 35.1 Å². The molecule has 2 rings (SSSR count). The highest BCUT2D eigenvalue weighted by Crippen LogP contribution is 2.34. The molecule has 0 fully saturated rings. The van der Waals surface area contributed by atoms with E-state index >= 15 is 0 Å². The Morgan fingerprint density at radius 2 is 2.29 bits per heavy atom. The summed E-state index contributed by atoms with van der Waals surface area (Å²) < 4.78 is 4.87. The highest BCUT2D eigenvalue weighted by Gasteiger charge is 2.09. The van der Waals surface area contributed by atoms with Gasteiger partial charge in [-0.05, 0) is 43.2 Å². The Bertz CT molecular complexity index is 487. The van der Waals surface area contributed by atoms with Gasteiger partial charge in [0.15, 0.2) is 4.34 Å². The first-order chi connectivity index (χ1) is 8.20. The quantitative estimate of drug-likeness (QED) is 0.931. The van der Waals surface area contributed by atoms with Gasteiger partial charge < -0.3 is 5.32 Å². The summed E-state index contributed by atoms with van der Waals surface area (Å²) in [6, 6.07) is 6.40. The van der Waals surface area contributed by atoms with Gasteiger partial charge in [-0.2, -0.15) is 4.37 Å². The molecule has 0 radical (unpaired) electrons. The van der Waals surface area contributed by atoms with E-state index in [9.17, 15) is 0 Å². The summed E-state index contributed by atoms with van der Waals surface area (Å²) in [5, 5.41) is 3.94. The molecule has 0 bridgehead atoms. The maximum Gasteiger partial charge on any atom is 0.174 e. The van der Waals surface area contributed by atoms with Crippen LogP contribution in [-0.4, -0.2) is 16.4 Å². The van der Waals surface area contributed by atoms with Crippen LogP contribution in [0.15, 0.2) is 33.8 Å². The summed E-state index contributed by atoms with van der Waals surface area (Å²) in [4.78, 5) is 5.14. The van der Waals surface area contributed by atoms with Crippen LogP contribution in [0.2, 0.25) is 5.02 Å². The normalized spacial score (nSPS) is 12.6. The Balaban J connectivity index is 2.20. The van der Waals surface area contributed by atoms with Crippen molar-refractivity contribution in [2.45, 2.75) is 22.2 Å². The van der Waals surface area contributed by atoms with E-state index in [0.717, 1.165) is 14.3 Å². The smallest absolute Gasteiger partial charge is 0.174 e. The van der Waals surface area contributed by atoms with E-state index in [2.05, 4.69) is 27.7 Å². The van der Waals surface area contributed by atoms with Crippen molar-refractivity contribution in [2.75, 3.05) is 7.05 Å². The van der Waals surface area contributed by atoms with Crippen molar-refractivity contribution in [1.29, 1.82) is 0 Å². The highest BCUT2D eigenvalue weighted by atomic mass is 35.5. The van der Waals surface area contributed by atoms with Gasteiger partial charge in [0.1, 0.15) is 6.33 Å². The van der Waals surface area contributed by atoms with Gasteiger partial charge in [-0.25, -0.2) is 4.98 Å². The van der Waals surface area contributed by atoms with Gasteiger partial charge in [0.25, 0.3) is 0 Å². The molecule has 1 aromatic carbocycles. The van der Waals surface area contributed by atoms with Crippen molar-refractivity contribution >= 4 is 34.9 Å². The number of aromatic nitrogens is 2. The summed E-state index contributed by atoms with van der Waals surface area (Å²) in [5.74, 6) is 0. The SMILES string of the molecule is CNC(C)c1ccc(Sc2ncns2)c(Cl)c1. The monoisotopic (exact) mass is 285 g/mol. The fourth-order valence-electron chi connectivity index (χ4n) is 1.34. The van der Waals surface area contributed by atoms with Gasteiger partial charge in [0.2, 0.25) is 0 Å². The third kappa shape index (κ3) is 3.19. The molecule has 0 aliphatic carbocycles. The van der Waals surface area contributed by atoms with E-state index < -0.39 is 0 Å². The molecule has 1 atom stereocenters. The van der Waals surface area contributed by atoms with Crippen molar-refractivity contribution in [2.24, 2.45) is 0 Å². The second-order valence-corrected chi connectivity index (χ2v) is 5.99. The van der Waals surface area contributed by atoms with E-state index in [-0.39, 0.29) is 0 Å². The molecule has 0 spiro atoms. The molecule has 1 unspecified atom stereocenters. The van der Waals surface area contributed by atoms with Gasteiger partial charge in [-0.15, -0.1) is 0 Å². The van der Waals surface area contributed by atoms with Crippen molar-refractivity contribution in [1.82, 2.24) is 14.7 Å². The lowest BCUT2D eigenvalue weighted by molar-refractivity contribution is 0.652. The highest BCUT2D eigenvalue weighted by molar-refractivity contribution is 8.01. The molecule has 0 amide bonds. The number of rotatable bonds is 4. The number of nitrogens with one attached hydrogen (secondary N) is 1. The molecule has 6 heteroatoms. The number of halogens is 1. The number of nitrogens with zero attached hydrogens (tertiary/aromatic N) is 2. The minimum atomic E-state index is 0.299. The molecular weight excluding hydrogens is 274 g/mol. The fourth-order valence-corrected chi connectivity index (χ4v) is 3.05. The van der Waals surface area contributed by atoms with E-state index in [0.29, 0.717) is 6.04 Å². The topological polar surface area (TPSA) is 37.8 Å². The molecule has 0 saturated carbocycles. The molecule has 90 valence electrons. The first kappa shape index (κ1) is 12.8. The Labute approximate surface area is 114 Å². The van der Waals surface area contributed by atoms with E-state index in [1.807, 2.05) is 19.2 Å². The van der Waals surface area contributed by atoms with Crippen molar-refractivity contribution in [3.63, 3.8) is 0 Å². The maximum absolute atomic E-state index is 6.26. The third-order valence-corrected chi connectivity index (χ3v) is 4.64. The molecule has 0 saturated heterocycles. The summed E-state index contributed by atoms with van der Waals surface area (Å²) in [6.45, 7) is 2.10. The van der Waals surface area contributed by atoms with Crippen LogP contribution in [0.4, 0.5) is 0 Å². The zero-order chi connectivity index (χ0) is 12.3. The third-order valence-electron chi connectivity index (χ3n) is 2.43. The molecular formula is C11H12ClN3S2. The van der Waals surface area contributed by atoms with Crippen LogP contribution < -0.4 is 5.32 Å². The van der Waals surface area contributed by atoms with Crippen LogP contribution >= 0.6 is 34.9 Å². The lowest BCUT2D eigenvalue weighted by Crippen LogP contribution is -2.12. The number of hydrogen-bond donors (Lipinski definition) is 1. The minimum absolute atomic E-state index is 0.299. The van der Waals surface area contributed by atoms with Crippen molar-refractivity contribution in [3.8, 4) is 0 Å². The first-order valence-electron chi connectivity index (χ1n) is 5.12. The summed E-state index contributed by atoms with van der Waals surface area (Å²) >= 11 is 9.17. The standard InChI is InChI=1S/C11H12ClN3S2/c1-7(13-2)8-3-4-10(9(12)5-8)16-11-14-6-15-17-11/h3-7,13H,1-2H3. The van der Waals surface area contributed by atoms with Gasteiger partial charge in [-0.3, -0.25) is 0 Å². The Kier molecular flexibility index (Phi) is 4.39. The maximum atomic E-state index is 6.26. The van der Waals surface area contributed by atoms with Gasteiger partial charge in [-0.1, -0.05) is 29.4 Å². The molecule has 0 aliphatic heterocycles. The lowest BCUT2D eigenvalue weighted by Gasteiger charge is -2.12. The molecule has 0 aliphatic rings. The summed E-state index contributed by atoms with van der Waals surface area (Å²) in [7, 11) is 1.93. The zero-order valence-corrected chi connectivity index (χ0v) is 11.9. The van der Waals surface area contributed by atoms with Crippen LogP contribution in [0.3, 0.4) is 0 Å². The average molecular weight is 286 g/mol. The first-order valence-corrected chi connectivity index (χ1v) is 7.08. The second kappa shape index (κ2) is 5.82. The van der Waals surface area contributed by atoms with Gasteiger partial charge in [0, 0.05) is 10.9 Å². The van der Waals surface area contributed by atoms with Gasteiger partial charge >= 0.3 is 0 Å². The Morgan fingerprint density at radius 3 is 2.88 bits per heavy atom. The van der Waals surface area contributed by atoms with Crippen LogP contribution in [0.5, 0.6) is 0 Å². The van der Waals surface area contributed by atoms with E-state index in [1.54, 1.807) is 18.1 Å². The number of hydrogen-bond acceptors (Lipinski definition) is 5. The van der Waals surface area contributed by atoms with E-state index in [4.69, 9.17) is 11.6 Å². The van der Waals surface area contributed by atoms with E-state index in [1.165, 1.54) is 17.1 Å². The average Bonchev–Trinajstić information content (AvgIpc) is 2.83. The van der Waals surface area contributed by atoms with Crippen LogP contribution in [0.1, 0.15) is 18.5 Å². The van der Waals surface area contributed by atoms with Gasteiger partial charge in [0.05, 0.1) is 5.02 Å². The predicted molar refractivity (Wildman–Crippen MR) is 73.0 cm³/mol. The fraction of sp³-hybridized carbons (Fsp3) is 0.273. The minimum Gasteiger partial charge on any atom is -0.313 e. The zero-order valence-electron chi connectivity index (χ0n) is 9.48. The van der Waals surface area contributed by atoms with Crippen LogP contribution in [-0.2, 0) is 0 Å². The summed E-state index contributed by atoms with van der Waals surface area (Å²) in [6.07, 6.45) is 1.55. The molecule has 2 aromatic rings. The van der Waals surface area contributed by atoms with Crippen LogP contribution in [0, 0.1) is 0 Å².